The third-order valence-electron chi connectivity index (χ3n) is 2.36. The van der Waals surface area contributed by atoms with Gasteiger partial charge in [0.15, 0.2) is 11.6 Å². The van der Waals surface area contributed by atoms with Crippen LogP contribution in [0.1, 0.15) is 12.5 Å². The first kappa shape index (κ1) is 11.3. The Labute approximate surface area is 98.7 Å². The molecule has 88 valence electrons. The molecule has 0 unspecified atom stereocenters. The van der Waals surface area contributed by atoms with E-state index in [1.165, 1.54) is 0 Å². The van der Waals surface area contributed by atoms with Gasteiger partial charge in [0, 0.05) is 5.69 Å². The maximum atomic E-state index is 13.4. The Morgan fingerprint density at radius 3 is 3.00 bits per heavy atom. The molecule has 0 amide bonds. The van der Waals surface area contributed by atoms with Crippen molar-refractivity contribution in [3.8, 4) is 0 Å². The van der Waals surface area contributed by atoms with Gasteiger partial charge in [0.2, 0.25) is 5.95 Å². The topological polar surface area (TPSA) is 63.8 Å². The van der Waals surface area contributed by atoms with Crippen LogP contribution in [-0.4, -0.2) is 9.97 Å². The maximum Gasteiger partial charge on any atom is 0.222 e. The highest BCUT2D eigenvalue weighted by Crippen LogP contribution is 2.18. The number of aromatic nitrogens is 2. The first-order chi connectivity index (χ1) is 8.19. The molecule has 2 rings (SSSR count). The number of nitrogen functional groups attached to an aromatic ring is 1. The molecule has 0 aliphatic heterocycles. The molecule has 4 nitrogen and oxygen atoms in total. The normalized spacial score (nSPS) is 10.2. The minimum Gasteiger partial charge on any atom is -0.368 e. The lowest BCUT2D eigenvalue weighted by molar-refractivity contribution is 0.620. The van der Waals surface area contributed by atoms with E-state index in [9.17, 15) is 4.39 Å². The molecular weight excluding hydrogens is 219 g/mol. The minimum absolute atomic E-state index is 0.0422. The molecule has 0 bridgehead atoms. The summed E-state index contributed by atoms with van der Waals surface area (Å²) >= 11 is 0. The Morgan fingerprint density at radius 1 is 1.41 bits per heavy atom. The van der Waals surface area contributed by atoms with E-state index in [2.05, 4.69) is 22.2 Å². The average molecular weight is 232 g/mol. The Balaban J connectivity index is 2.27. The SMILES string of the molecule is CCc1cccc(Nc2nc(N)ncc2F)c1. The largest absolute Gasteiger partial charge is 0.368 e. The van der Waals surface area contributed by atoms with Gasteiger partial charge in [-0.05, 0) is 24.1 Å². The van der Waals surface area contributed by atoms with Crippen LogP contribution in [0.2, 0.25) is 0 Å². The fraction of sp³-hybridized carbons (Fsp3) is 0.167. The number of benzene rings is 1. The van der Waals surface area contributed by atoms with Gasteiger partial charge < -0.3 is 11.1 Å². The van der Waals surface area contributed by atoms with Crippen LogP contribution >= 0.6 is 0 Å². The van der Waals surface area contributed by atoms with E-state index < -0.39 is 5.82 Å². The number of hydrogen-bond donors (Lipinski definition) is 2. The molecule has 5 heteroatoms. The Kier molecular flexibility index (Phi) is 3.18. The average Bonchev–Trinajstić information content (AvgIpc) is 2.34. The van der Waals surface area contributed by atoms with Crippen LogP contribution in [0.25, 0.3) is 0 Å². The van der Waals surface area contributed by atoms with E-state index in [-0.39, 0.29) is 11.8 Å². The minimum atomic E-state index is -0.527. The van der Waals surface area contributed by atoms with Crippen molar-refractivity contribution in [1.82, 2.24) is 9.97 Å². The third-order valence-corrected chi connectivity index (χ3v) is 2.36. The number of nitrogens with zero attached hydrogens (tertiary/aromatic N) is 2. The third kappa shape index (κ3) is 2.69. The van der Waals surface area contributed by atoms with Gasteiger partial charge in [-0.25, -0.2) is 9.37 Å². The zero-order valence-electron chi connectivity index (χ0n) is 9.44. The van der Waals surface area contributed by atoms with E-state index in [1.54, 1.807) is 0 Å². The molecule has 1 aromatic heterocycles. The van der Waals surface area contributed by atoms with Gasteiger partial charge in [-0.15, -0.1) is 0 Å². The summed E-state index contributed by atoms with van der Waals surface area (Å²) in [5.41, 5.74) is 7.35. The molecule has 0 atom stereocenters. The number of aryl methyl sites for hydroxylation is 1. The van der Waals surface area contributed by atoms with Crippen molar-refractivity contribution in [2.75, 3.05) is 11.1 Å². The lowest BCUT2D eigenvalue weighted by Crippen LogP contribution is -2.02. The Morgan fingerprint density at radius 2 is 2.24 bits per heavy atom. The van der Waals surface area contributed by atoms with Gasteiger partial charge in [0.05, 0.1) is 6.20 Å². The van der Waals surface area contributed by atoms with Crippen molar-refractivity contribution in [1.29, 1.82) is 0 Å². The second kappa shape index (κ2) is 4.78. The summed E-state index contributed by atoms with van der Waals surface area (Å²) in [5, 5.41) is 2.88. The van der Waals surface area contributed by atoms with Gasteiger partial charge in [0.1, 0.15) is 0 Å². The van der Waals surface area contributed by atoms with Crippen molar-refractivity contribution in [2.45, 2.75) is 13.3 Å². The molecule has 2 aromatic rings. The molecule has 0 radical (unpaired) electrons. The quantitative estimate of drug-likeness (QED) is 0.853. The summed E-state index contributed by atoms with van der Waals surface area (Å²) < 4.78 is 13.4. The van der Waals surface area contributed by atoms with Crippen molar-refractivity contribution >= 4 is 17.5 Å². The fourth-order valence-corrected chi connectivity index (χ4v) is 1.47. The summed E-state index contributed by atoms with van der Waals surface area (Å²) in [4.78, 5) is 7.37. The molecule has 0 saturated carbocycles. The van der Waals surface area contributed by atoms with Crippen molar-refractivity contribution in [2.24, 2.45) is 0 Å². The Bertz CT molecular complexity index is 528. The first-order valence-corrected chi connectivity index (χ1v) is 5.33. The molecule has 0 aliphatic rings. The number of nitrogens with one attached hydrogen (secondary N) is 1. The molecule has 0 aliphatic carbocycles. The van der Waals surface area contributed by atoms with Crippen LogP contribution in [0.5, 0.6) is 0 Å². The monoisotopic (exact) mass is 232 g/mol. The summed E-state index contributed by atoms with van der Waals surface area (Å²) in [6.07, 6.45) is 1.97. The molecule has 0 fully saturated rings. The van der Waals surface area contributed by atoms with Crippen LogP contribution in [0, 0.1) is 5.82 Å². The van der Waals surface area contributed by atoms with E-state index >= 15 is 0 Å². The van der Waals surface area contributed by atoms with E-state index in [0.29, 0.717) is 0 Å². The predicted molar refractivity (Wildman–Crippen MR) is 65.5 cm³/mol. The molecule has 1 heterocycles. The molecular formula is C12H13FN4. The lowest BCUT2D eigenvalue weighted by atomic mass is 10.1. The van der Waals surface area contributed by atoms with Crippen molar-refractivity contribution in [3.05, 3.63) is 41.8 Å². The van der Waals surface area contributed by atoms with Gasteiger partial charge in [-0.1, -0.05) is 19.1 Å². The highest BCUT2D eigenvalue weighted by molar-refractivity contribution is 5.58. The van der Waals surface area contributed by atoms with Gasteiger partial charge in [-0.2, -0.15) is 4.98 Å². The smallest absolute Gasteiger partial charge is 0.222 e. The Hall–Kier alpha value is -2.17. The van der Waals surface area contributed by atoms with Crippen LogP contribution in [0.15, 0.2) is 30.5 Å². The van der Waals surface area contributed by atoms with Gasteiger partial charge in [-0.3, -0.25) is 0 Å². The standard InChI is InChI=1S/C12H13FN4/c1-2-8-4-3-5-9(6-8)16-11-10(13)7-15-12(14)17-11/h3-7H,2H2,1H3,(H3,14,15,16,17). The van der Waals surface area contributed by atoms with Crippen LogP contribution < -0.4 is 11.1 Å². The fourth-order valence-electron chi connectivity index (χ4n) is 1.47. The second-order valence-corrected chi connectivity index (χ2v) is 3.60. The van der Waals surface area contributed by atoms with Crippen LogP contribution in [0.4, 0.5) is 21.8 Å². The van der Waals surface area contributed by atoms with E-state index in [4.69, 9.17) is 5.73 Å². The summed E-state index contributed by atoms with van der Waals surface area (Å²) in [5.74, 6) is -0.396. The highest BCUT2D eigenvalue weighted by Gasteiger charge is 2.05. The van der Waals surface area contributed by atoms with Crippen LogP contribution in [0.3, 0.4) is 0 Å². The second-order valence-electron chi connectivity index (χ2n) is 3.60. The summed E-state index contributed by atoms with van der Waals surface area (Å²) in [6, 6.07) is 7.70. The summed E-state index contributed by atoms with van der Waals surface area (Å²) in [6.45, 7) is 2.06. The molecule has 1 aromatic carbocycles. The zero-order chi connectivity index (χ0) is 12.3. The molecule has 0 spiro atoms. The first-order valence-electron chi connectivity index (χ1n) is 5.33. The zero-order valence-corrected chi connectivity index (χ0v) is 9.44. The van der Waals surface area contributed by atoms with Gasteiger partial charge in [0.25, 0.3) is 0 Å². The number of anilines is 3. The lowest BCUT2D eigenvalue weighted by Gasteiger charge is -2.07. The number of nitrogens with two attached hydrogens (primary N) is 1. The summed E-state index contributed by atoms with van der Waals surface area (Å²) in [7, 11) is 0. The van der Waals surface area contributed by atoms with E-state index in [1.807, 2.05) is 24.3 Å². The molecule has 17 heavy (non-hydrogen) atoms. The number of halogens is 1. The molecule has 0 saturated heterocycles. The van der Waals surface area contributed by atoms with E-state index in [0.717, 1.165) is 23.9 Å². The van der Waals surface area contributed by atoms with Crippen LogP contribution in [-0.2, 0) is 6.42 Å². The number of rotatable bonds is 3. The van der Waals surface area contributed by atoms with Crippen molar-refractivity contribution < 1.29 is 4.39 Å². The highest BCUT2D eigenvalue weighted by atomic mass is 19.1. The van der Waals surface area contributed by atoms with Gasteiger partial charge >= 0.3 is 0 Å². The van der Waals surface area contributed by atoms with Crippen molar-refractivity contribution in [3.63, 3.8) is 0 Å². The molecule has 3 N–H and O–H groups in total. The maximum absolute atomic E-state index is 13.4. The predicted octanol–water partition coefficient (Wildman–Crippen LogP) is 2.50. The number of hydrogen-bond acceptors (Lipinski definition) is 4.